The summed E-state index contributed by atoms with van der Waals surface area (Å²) in [5, 5.41) is 8.81. The van der Waals surface area contributed by atoms with Crippen LogP contribution in [0.3, 0.4) is 0 Å². The third kappa shape index (κ3) is 4.79. The minimum Gasteiger partial charge on any atom is -0.378 e. The molecule has 0 spiro atoms. The number of ether oxygens (including phenoxy) is 1. The smallest absolute Gasteiger partial charge is 0.240 e. The Kier molecular flexibility index (Phi) is 6.46. The summed E-state index contributed by atoms with van der Waals surface area (Å²) in [6.07, 6.45) is 2.46. The Morgan fingerprint density at radius 2 is 1.97 bits per heavy atom. The lowest BCUT2D eigenvalue weighted by Crippen LogP contribution is -2.42. The molecule has 1 saturated carbocycles. The molecular formula is C20H24N4O3S2. The third-order valence-corrected chi connectivity index (χ3v) is 7.20. The van der Waals surface area contributed by atoms with Crippen LogP contribution in [-0.4, -0.2) is 59.3 Å². The van der Waals surface area contributed by atoms with Crippen molar-refractivity contribution in [1.82, 2.24) is 15.1 Å². The summed E-state index contributed by atoms with van der Waals surface area (Å²) < 4.78 is 6.09. The molecule has 1 saturated heterocycles. The molecule has 0 N–H and O–H groups in total. The van der Waals surface area contributed by atoms with Gasteiger partial charge in [-0.15, -0.1) is 10.2 Å². The number of anilines is 1. The second kappa shape index (κ2) is 9.23. The van der Waals surface area contributed by atoms with Gasteiger partial charge in [-0.25, -0.2) is 0 Å². The van der Waals surface area contributed by atoms with Crippen LogP contribution >= 0.6 is 23.1 Å². The van der Waals surface area contributed by atoms with Crippen molar-refractivity contribution in [3.8, 4) is 0 Å². The molecule has 0 radical (unpaired) electrons. The SMILES string of the molecule is CCC(=O)N(c1nnc(SC(C(=O)N2CCOCC2)c2ccccc2)s1)C1CC1. The number of rotatable bonds is 7. The van der Waals surface area contributed by atoms with Gasteiger partial charge in [0.2, 0.25) is 16.9 Å². The minimum atomic E-state index is -0.397. The lowest BCUT2D eigenvalue weighted by atomic mass is 10.1. The van der Waals surface area contributed by atoms with Gasteiger partial charge in [0.25, 0.3) is 0 Å². The Labute approximate surface area is 178 Å². The zero-order chi connectivity index (χ0) is 20.2. The first kappa shape index (κ1) is 20.3. The number of nitrogens with zero attached hydrogens (tertiary/aromatic N) is 4. The number of morpholine rings is 1. The highest BCUT2D eigenvalue weighted by atomic mass is 32.2. The van der Waals surface area contributed by atoms with Crippen molar-refractivity contribution in [2.45, 2.75) is 41.8 Å². The molecule has 154 valence electrons. The number of thioether (sulfide) groups is 1. The maximum absolute atomic E-state index is 13.3. The highest BCUT2D eigenvalue weighted by Gasteiger charge is 2.36. The normalized spacial score (nSPS) is 17.8. The molecule has 1 aromatic carbocycles. The predicted octanol–water partition coefficient (Wildman–Crippen LogP) is 3.14. The number of benzene rings is 1. The van der Waals surface area contributed by atoms with E-state index in [4.69, 9.17) is 4.74 Å². The molecule has 2 amide bonds. The fourth-order valence-electron chi connectivity index (χ4n) is 3.26. The van der Waals surface area contributed by atoms with E-state index in [2.05, 4.69) is 10.2 Å². The molecule has 29 heavy (non-hydrogen) atoms. The molecule has 1 aliphatic carbocycles. The van der Waals surface area contributed by atoms with E-state index < -0.39 is 5.25 Å². The van der Waals surface area contributed by atoms with Crippen LogP contribution in [0, 0.1) is 0 Å². The van der Waals surface area contributed by atoms with Gasteiger partial charge in [-0.3, -0.25) is 14.5 Å². The topological polar surface area (TPSA) is 75.6 Å². The number of hydrogen-bond donors (Lipinski definition) is 0. The number of amides is 2. The third-order valence-electron chi connectivity index (χ3n) is 4.95. The van der Waals surface area contributed by atoms with Gasteiger partial charge in [-0.05, 0) is 18.4 Å². The quantitative estimate of drug-likeness (QED) is 0.494. The van der Waals surface area contributed by atoms with Crippen LogP contribution in [0.15, 0.2) is 34.7 Å². The molecule has 1 aromatic heterocycles. The summed E-state index contributed by atoms with van der Waals surface area (Å²) in [7, 11) is 0. The van der Waals surface area contributed by atoms with E-state index in [1.54, 1.807) is 4.90 Å². The molecule has 9 heteroatoms. The first-order valence-corrected chi connectivity index (χ1v) is 11.6. The Hall–Kier alpha value is -1.97. The van der Waals surface area contributed by atoms with Crippen LogP contribution in [0.1, 0.15) is 37.0 Å². The van der Waals surface area contributed by atoms with Crippen molar-refractivity contribution < 1.29 is 14.3 Å². The highest BCUT2D eigenvalue weighted by Crippen LogP contribution is 2.41. The fourth-order valence-corrected chi connectivity index (χ4v) is 5.46. The molecule has 2 aliphatic rings. The Morgan fingerprint density at radius 3 is 2.62 bits per heavy atom. The number of aromatic nitrogens is 2. The summed E-state index contributed by atoms with van der Waals surface area (Å²) >= 11 is 2.80. The van der Waals surface area contributed by atoms with Crippen LogP contribution in [-0.2, 0) is 14.3 Å². The summed E-state index contributed by atoms with van der Waals surface area (Å²) in [4.78, 5) is 29.2. The van der Waals surface area contributed by atoms with Crippen LogP contribution in [0.25, 0.3) is 0 Å². The van der Waals surface area contributed by atoms with E-state index >= 15 is 0 Å². The number of hydrogen-bond acceptors (Lipinski definition) is 7. The van der Waals surface area contributed by atoms with Gasteiger partial charge in [0.15, 0.2) is 4.34 Å². The number of carbonyl (C=O) groups excluding carboxylic acids is 2. The van der Waals surface area contributed by atoms with Gasteiger partial charge in [0.1, 0.15) is 5.25 Å². The molecule has 1 atom stereocenters. The van der Waals surface area contributed by atoms with Crippen molar-refractivity contribution in [3.05, 3.63) is 35.9 Å². The van der Waals surface area contributed by atoms with Gasteiger partial charge < -0.3 is 9.64 Å². The average molecular weight is 433 g/mol. The maximum atomic E-state index is 13.3. The van der Waals surface area contributed by atoms with Gasteiger partial charge >= 0.3 is 0 Å². The monoisotopic (exact) mass is 432 g/mol. The minimum absolute atomic E-state index is 0.0601. The molecule has 2 aromatic rings. The second-order valence-electron chi connectivity index (χ2n) is 7.05. The van der Waals surface area contributed by atoms with Crippen LogP contribution in [0.2, 0.25) is 0 Å². The summed E-state index contributed by atoms with van der Waals surface area (Å²) in [5.74, 6) is 0.133. The van der Waals surface area contributed by atoms with Crippen molar-refractivity contribution in [2.75, 3.05) is 31.2 Å². The van der Waals surface area contributed by atoms with Crippen molar-refractivity contribution in [2.24, 2.45) is 0 Å². The van der Waals surface area contributed by atoms with Crippen molar-refractivity contribution in [1.29, 1.82) is 0 Å². The molecule has 1 unspecified atom stereocenters. The van der Waals surface area contributed by atoms with Crippen LogP contribution in [0.4, 0.5) is 5.13 Å². The van der Waals surface area contributed by atoms with Gasteiger partial charge in [0, 0.05) is 25.6 Å². The molecule has 2 fully saturated rings. The summed E-state index contributed by atoms with van der Waals surface area (Å²) in [6.45, 7) is 4.20. The van der Waals surface area contributed by atoms with E-state index in [9.17, 15) is 9.59 Å². The number of carbonyl (C=O) groups is 2. The fraction of sp³-hybridized carbons (Fsp3) is 0.500. The van der Waals surface area contributed by atoms with Crippen LogP contribution < -0.4 is 4.90 Å². The molecule has 1 aliphatic heterocycles. The van der Waals surface area contributed by atoms with E-state index in [-0.39, 0.29) is 17.9 Å². The van der Waals surface area contributed by atoms with Gasteiger partial charge in [0.05, 0.1) is 13.2 Å². The van der Waals surface area contributed by atoms with E-state index in [1.807, 2.05) is 42.2 Å². The van der Waals surface area contributed by atoms with Gasteiger partial charge in [-0.2, -0.15) is 0 Å². The zero-order valence-corrected chi connectivity index (χ0v) is 18.0. The van der Waals surface area contributed by atoms with Crippen molar-refractivity contribution in [3.63, 3.8) is 0 Å². The van der Waals surface area contributed by atoms with E-state index in [0.29, 0.717) is 42.2 Å². The Balaban J connectivity index is 1.55. The zero-order valence-electron chi connectivity index (χ0n) is 16.3. The summed E-state index contributed by atoms with van der Waals surface area (Å²) in [5.41, 5.74) is 0.939. The predicted molar refractivity (Wildman–Crippen MR) is 113 cm³/mol. The summed E-state index contributed by atoms with van der Waals surface area (Å²) in [6, 6.07) is 10.0. The van der Waals surface area contributed by atoms with E-state index in [1.165, 1.54) is 23.1 Å². The Bertz CT molecular complexity index is 850. The van der Waals surface area contributed by atoms with E-state index in [0.717, 1.165) is 18.4 Å². The lowest BCUT2D eigenvalue weighted by Gasteiger charge is -2.30. The highest BCUT2D eigenvalue weighted by molar-refractivity contribution is 8.01. The largest absolute Gasteiger partial charge is 0.378 e. The molecule has 7 nitrogen and oxygen atoms in total. The molecule has 4 rings (SSSR count). The Morgan fingerprint density at radius 1 is 1.24 bits per heavy atom. The second-order valence-corrected chi connectivity index (χ2v) is 9.35. The molecule has 0 bridgehead atoms. The average Bonchev–Trinajstić information content (AvgIpc) is 3.50. The lowest BCUT2D eigenvalue weighted by molar-refractivity contribution is -0.134. The van der Waals surface area contributed by atoms with Crippen LogP contribution in [0.5, 0.6) is 0 Å². The standard InChI is InChI=1S/C20H24N4O3S2/c1-2-16(25)24(15-8-9-15)19-21-22-20(29-19)28-17(14-6-4-3-5-7-14)18(26)23-10-12-27-13-11-23/h3-7,15,17H,2,8-13H2,1H3. The van der Waals surface area contributed by atoms with Crippen molar-refractivity contribution >= 4 is 40.0 Å². The molecule has 2 heterocycles. The maximum Gasteiger partial charge on any atom is 0.240 e. The molecular weight excluding hydrogens is 408 g/mol. The first-order valence-electron chi connectivity index (χ1n) is 9.91. The van der Waals surface area contributed by atoms with Gasteiger partial charge in [-0.1, -0.05) is 60.4 Å². The first-order chi connectivity index (χ1) is 14.2.